The van der Waals surface area contributed by atoms with E-state index >= 15 is 0 Å². The Hall–Kier alpha value is -1.90. The highest BCUT2D eigenvalue weighted by Crippen LogP contribution is 2.22. The van der Waals surface area contributed by atoms with Crippen molar-refractivity contribution in [3.05, 3.63) is 51.4 Å². The molecular weight excluding hydrogens is 401 g/mol. The van der Waals surface area contributed by atoms with Gasteiger partial charge in [-0.3, -0.25) is 14.4 Å². The fourth-order valence-corrected chi connectivity index (χ4v) is 3.43. The van der Waals surface area contributed by atoms with Gasteiger partial charge in [-0.1, -0.05) is 11.6 Å². The largest absolute Gasteiger partial charge is 0.456 e. The first-order valence-electron chi connectivity index (χ1n) is 7.47. The van der Waals surface area contributed by atoms with E-state index in [1.807, 2.05) is 0 Å². The Morgan fingerprint density at radius 1 is 1.23 bits per heavy atom. The molecule has 0 radical (unpaired) electrons. The quantitative estimate of drug-likeness (QED) is 0.520. The van der Waals surface area contributed by atoms with Crippen LogP contribution in [0.1, 0.15) is 16.6 Å². The Kier molecular flexibility index (Phi) is 7.62. The van der Waals surface area contributed by atoms with Crippen LogP contribution in [0.3, 0.4) is 0 Å². The SMILES string of the molecule is C[C@@H](SCC(=O)Nc1ccc(F)cc1)C(=O)OCC(=O)c1ccc(Cl)s1. The fraction of sp³-hybridized carbons (Fsp3) is 0.235. The molecule has 1 aromatic heterocycles. The van der Waals surface area contributed by atoms with Gasteiger partial charge in [0, 0.05) is 5.69 Å². The average Bonchev–Trinajstić information content (AvgIpc) is 3.05. The van der Waals surface area contributed by atoms with Crippen molar-refractivity contribution >= 4 is 58.0 Å². The zero-order valence-corrected chi connectivity index (χ0v) is 16.1. The fourth-order valence-electron chi connectivity index (χ4n) is 1.79. The van der Waals surface area contributed by atoms with Crippen molar-refractivity contribution in [1.82, 2.24) is 0 Å². The highest BCUT2D eigenvalue weighted by molar-refractivity contribution is 8.01. The molecule has 0 fully saturated rings. The second-order valence-corrected chi connectivity index (χ2v) is 8.19. The van der Waals surface area contributed by atoms with Crippen molar-refractivity contribution in [3.8, 4) is 0 Å². The van der Waals surface area contributed by atoms with Crippen molar-refractivity contribution in [1.29, 1.82) is 0 Å². The first-order chi connectivity index (χ1) is 12.3. The topological polar surface area (TPSA) is 72.5 Å². The van der Waals surface area contributed by atoms with Gasteiger partial charge in [0.1, 0.15) is 11.1 Å². The number of rotatable bonds is 8. The number of Topliss-reactive ketones (excluding diaryl/α,β-unsaturated/α-hetero) is 1. The maximum Gasteiger partial charge on any atom is 0.319 e. The first kappa shape index (κ1) is 20.4. The molecular formula is C17H15ClFNO4S2. The van der Waals surface area contributed by atoms with E-state index in [0.29, 0.717) is 14.9 Å². The summed E-state index contributed by atoms with van der Waals surface area (Å²) in [5.74, 6) is -1.62. The van der Waals surface area contributed by atoms with Crippen LogP contribution in [-0.4, -0.2) is 35.3 Å². The zero-order valence-electron chi connectivity index (χ0n) is 13.7. The van der Waals surface area contributed by atoms with E-state index < -0.39 is 17.0 Å². The Morgan fingerprint density at radius 3 is 2.54 bits per heavy atom. The monoisotopic (exact) mass is 415 g/mol. The lowest BCUT2D eigenvalue weighted by atomic mass is 10.3. The molecule has 1 aromatic carbocycles. The number of ether oxygens (including phenoxy) is 1. The number of hydrogen-bond donors (Lipinski definition) is 1. The van der Waals surface area contributed by atoms with Gasteiger partial charge < -0.3 is 10.1 Å². The van der Waals surface area contributed by atoms with E-state index in [0.717, 1.165) is 23.1 Å². The third-order valence-electron chi connectivity index (χ3n) is 3.12. The molecule has 0 saturated carbocycles. The number of anilines is 1. The van der Waals surface area contributed by atoms with E-state index in [-0.39, 0.29) is 24.1 Å². The van der Waals surface area contributed by atoms with E-state index in [1.54, 1.807) is 19.1 Å². The number of ketones is 1. The summed E-state index contributed by atoms with van der Waals surface area (Å²) in [5.41, 5.74) is 0.465. The van der Waals surface area contributed by atoms with Crippen molar-refractivity contribution in [3.63, 3.8) is 0 Å². The smallest absolute Gasteiger partial charge is 0.319 e. The maximum atomic E-state index is 12.8. The Morgan fingerprint density at radius 2 is 1.92 bits per heavy atom. The van der Waals surface area contributed by atoms with Crippen LogP contribution in [0.2, 0.25) is 4.34 Å². The lowest BCUT2D eigenvalue weighted by molar-refractivity contribution is -0.141. The molecule has 1 amide bonds. The molecule has 1 N–H and O–H groups in total. The molecule has 5 nitrogen and oxygen atoms in total. The summed E-state index contributed by atoms with van der Waals surface area (Å²) < 4.78 is 18.3. The molecule has 2 rings (SSSR count). The zero-order chi connectivity index (χ0) is 19.1. The lowest BCUT2D eigenvalue weighted by Gasteiger charge is -2.11. The van der Waals surface area contributed by atoms with Gasteiger partial charge in [-0.05, 0) is 43.3 Å². The average molecular weight is 416 g/mol. The Bertz CT molecular complexity index is 794. The maximum absolute atomic E-state index is 12.8. The van der Waals surface area contributed by atoms with Crippen LogP contribution in [0.5, 0.6) is 0 Å². The highest BCUT2D eigenvalue weighted by Gasteiger charge is 2.19. The van der Waals surface area contributed by atoms with Gasteiger partial charge in [-0.15, -0.1) is 23.1 Å². The lowest BCUT2D eigenvalue weighted by Crippen LogP contribution is -2.23. The van der Waals surface area contributed by atoms with Crippen molar-refractivity contribution < 1.29 is 23.5 Å². The second-order valence-electron chi connectivity index (χ2n) is 5.14. The first-order valence-corrected chi connectivity index (χ1v) is 9.71. The number of carbonyl (C=O) groups excluding carboxylic acids is 3. The van der Waals surface area contributed by atoms with Gasteiger partial charge in [0.25, 0.3) is 0 Å². The van der Waals surface area contributed by atoms with E-state index in [2.05, 4.69) is 5.32 Å². The molecule has 0 aliphatic heterocycles. The van der Waals surface area contributed by atoms with Gasteiger partial charge in [0.05, 0.1) is 15.0 Å². The molecule has 26 heavy (non-hydrogen) atoms. The summed E-state index contributed by atoms with van der Waals surface area (Å²) >= 11 is 7.94. The third-order valence-corrected chi connectivity index (χ3v) is 5.51. The highest BCUT2D eigenvalue weighted by atomic mass is 35.5. The van der Waals surface area contributed by atoms with Crippen molar-refractivity contribution in [2.75, 3.05) is 17.7 Å². The summed E-state index contributed by atoms with van der Waals surface area (Å²) in [7, 11) is 0. The number of amides is 1. The summed E-state index contributed by atoms with van der Waals surface area (Å²) in [6.45, 7) is 1.22. The molecule has 9 heteroatoms. The van der Waals surface area contributed by atoms with Crippen LogP contribution >= 0.6 is 34.7 Å². The molecule has 1 heterocycles. The number of halogens is 2. The number of carbonyl (C=O) groups is 3. The van der Waals surface area contributed by atoms with Crippen LogP contribution in [0.15, 0.2) is 36.4 Å². The van der Waals surface area contributed by atoms with Crippen LogP contribution in [-0.2, 0) is 14.3 Å². The number of nitrogens with one attached hydrogen (secondary N) is 1. The minimum atomic E-state index is -0.617. The number of thiophene rings is 1. The predicted octanol–water partition coefficient (Wildman–Crippen LogP) is 4.03. The van der Waals surface area contributed by atoms with E-state index in [4.69, 9.17) is 16.3 Å². The van der Waals surface area contributed by atoms with Crippen LogP contribution in [0.25, 0.3) is 0 Å². The van der Waals surface area contributed by atoms with Gasteiger partial charge in [-0.2, -0.15) is 0 Å². The number of hydrogen-bond acceptors (Lipinski definition) is 6. The summed E-state index contributed by atoms with van der Waals surface area (Å²) in [6.07, 6.45) is 0. The molecule has 1 atom stereocenters. The molecule has 0 saturated heterocycles. The molecule has 0 unspecified atom stereocenters. The van der Waals surface area contributed by atoms with Gasteiger partial charge >= 0.3 is 5.97 Å². The predicted molar refractivity (Wildman–Crippen MR) is 102 cm³/mol. The summed E-state index contributed by atoms with van der Waals surface area (Å²) in [5, 5.41) is 1.98. The normalized spacial score (nSPS) is 11.7. The second kappa shape index (κ2) is 9.70. The minimum absolute atomic E-state index is 0.0160. The van der Waals surface area contributed by atoms with Crippen LogP contribution in [0.4, 0.5) is 10.1 Å². The summed E-state index contributed by atoms with van der Waals surface area (Å²) in [6, 6.07) is 8.53. The number of thioether (sulfide) groups is 1. The van der Waals surface area contributed by atoms with Gasteiger partial charge in [-0.25, -0.2) is 4.39 Å². The number of benzene rings is 1. The van der Waals surface area contributed by atoms with E-state index in [1.165, 1.54) is 24.3 Å². The molecule has 138 valence electrons. The molecule has 0 aliphatic carbocycles. The molecule has 0 spiro atoms. The van der Waals surface area contributed by atoms with E-state index in [9.17, 15) is 18.8 Å². The van der Waals surface area contributed by atoms with Gasteiger partial charge in [0.15, 0.2) is 6.61 Å². The van der Waals surface area contributed by atoms with Crippen molar-refractivity contribution in [2.45, 2.75) is 12.2 Å². The summed E-state index contributed by atoms with van der Waals surface area (Å²) in [4.78, 5) is 36.0. The Labute approximate surface area is 162 Å². The molecule has 0 bridgehead atoms. The minimum Gasteiger partial charge on any atom is -0.456 e. The standard InChI is InChI=1S/C17H15ClFNO4S2/c1-10(17(23)24-8-13(21)14-6-7-15(18)26-14)25-9-16(22)20-12-4-2-11(19)3-5-12/h2-7,10H,8-9H2,1H3,(H,20,22)/t10-/m1/s1. The Balaban J connectivity index is 1.71. The third kappa shape index (κ3) is 6.44. The van der Waals surface area contributed by atoms with Crippen molar-refractivity contribution in [2.24, 2.45) is 0 Å². The molecule has 2 aromatic rings. The van der Waals surface area contributed by atoms with Gasteiger partial charge in [0.2, 0.25) is 11.7 Å². The molecule has 0 aliphatic rings. The van der Waals surface area contributed by atoms with Crippen LogP contribution in [0, 0.1) is 5.82 Å². The van der Waals surface area contributed by atoms with Crippen LogP contribution < -0.4 is 5.32 Å². The number of esters is 1.